The van der Waals surface area contributed by atoms with Crippen LogP contribution >= 0.6 is 0 Å². The van der Waals surface area contributed by atoms with E-state index in [4.69, 9.17) is 0 Å². The lowest BCUT2D eigenvalue weighted by molar-refractivity contribution is -0.147. The predicted molar refractivity (Wildman–Crippen MR) is 102 cm³/mol. The highest BCUT2D eigenvalue weighted by Gasteiger charge is 2.12. The first kappa shape index (κ1) is 21.3. The number of sulfonamides is 1. The SMILES string of the molecule is O=C(COC(=O)CNS(=O)(=O)/C=C/c1ccccc1)NCc1ccccc1F. The quantitative estimate of drug-likeness (QED) is 0.616. The molecule has 0 aliphatic rings. The van der Waals surface area contributed by atoms with Crippen molar-refractivity contribution in [3.05, 3.63) is 76.9 Å². The van der Waals surface area contributed by atoms with Gasteiger partial charge in [-0.3, -0.25) is 9.59 Å². The molecule has 148 valence electrons. The number of benzene rings is 2. The highest BCUT2D eigenvalue weighted by molar-refractivity contribution is 7.92. The summed E-state index contributed by atoms with van der Waals surface area (Å²) in [6.07, 6.45) is 1.38. The topological polar surface area (TPSA) is 102 Å². The van der Waals surface area contributed by atoms with Gasteiger partial charge in [0.1, 0.15) is 12.4 Å². The number of hydrogen-bond donors (Lipinski definition) is 2. The average Bonchev–Trinajstić information content (AvgIpc) is 2.69. The van der Waals surface area contributed by atoms with Gasteiger partial charge >= 0.3 is 5.97 Å². The maximum atomic E-state index is 13.4. The van der Waals surface area contributed by atoms with E-state index in [-0.39, 0.29) is 6.54 Å². The first-order valence-electron chi connectivity index (χ1n) is 8.24. The molecule has 0 radical (unpaired) electrons. The molecule has 2 N–H and O–H groups in total. The predicted octanol–water partition coefficient (Wildman–Crippen LogP) is 1.58. The van der Waals surface area contributed by atoms with Crippen LogP contribution in [0.4, 0.5) is 4.39 Å². The number of rotatable bonds is 9. The highest BCUT2D eigenvalue weighted by atomic mass is 32.2. The summed E-state index contributed by atoms with van der Waals surface area (Å²) in [5.74, 6) is -2.01. The summed E-state index contributed by atoms with van der Waals surface area (Å²) in [6.45, 7) is -1.28. The van der Waals surface area contributed by atoms with Crippen molar-refractivity contribution in [3.8, 4) is 0 Å². The first-order chi connectivity index (χ1) is 13.4. The molecule has 1 amide bonds. The molecule has 2 rings (SSSR count). The first-order valence-corrected chi connectivity index (χ1v) is 9.79. The van der Waals surface area contributed by atoms with Gasteiger partial charge in [-0.05, 0) is 17.7 Å². The van der Waals surface area contributed by atoms with Gasteiger partial charge in [-0.25, -0.2) is 17.5 Å². The summed E-state index contributed by atoms with van der Waals surface area (Å²) in [4.78, 5) is 23.2. The summed E-state index contributed by atoms with van der Waals surface area (Å²) >= 11 is 0. The van der Waals surface area contributed by atoms with E-state index >= 15 is 0 Å². The smallest absolute Gasteiger partial charge is 0.321 e. The summed E-state index contributed by atoms with van der Waals surface area (Å²) < 4.78 is 43.8. The van der Waals surface area contributed by atoms with Gasteiger partial charge in [-0.15, -0.1) is 0 Å². The van der Waals surface area contributed by atoms with Crippen LogP contribution in [0.1, 0.15) is 11.1 Å². The van der Waals surface area contributed by atoms with Crippen LogP contribution in [0.25, 0.3) is 6.08 Å². The molecule has 2 aromatic rings. The highest BCUT2D eigenvalue weighted by Crippen LogP contribution is 2.05. The molecule has 7 nitrogen and oxygen atoms in total. The van der Waals surface area contributed by atoms with E-state index in [1.165, 1.54) is 24.3 Å². The van der Waals surface area contributed by atoms with Gasteiger partial charge in [-0.1, -0.05) is 48.5 Å². The Kier molecular flexibility index (Phi) is 7.85. The second-order valence-corrected chi connectivity index (χ2v) is 7.26. The van der Waals surface area contributed by atoms with E-state index in [1.54, 1.807) is 36.4 Å². The molecule has 0 heterocycles. The molecule has 0 spiro atoms. The van der Waals surface area contributed by atoms with Crippen LogP contribution in [-0.4, -0.2) is 33.4 Å². The molecule has 0 saturated heterocycles. The van der Waals surface area contributed by atoms with E-state index in [1.807, 2.05) is 4.72 Å². The minimum absolute atomic E-state index is 0.0556. The molecule has 0 aromatic heterocycles. The van der Waals surface area contributed by atoms with Crippen LogP contribution in [0.15, 0.2) is 60.0 Å². The number of hydrogen-bond acceptors (Lipinski definition) is 5. The van der Waals surface area contributed by atoms with Gasteiger partial charge in [-0.2, -0.15) is 0 Å². The fraction of sp³-hybridized carbons (Fsp3) is 0.158. The zero-order chi connectivity index (χ0) is 20.4. The van der Waals surface area contributed by atoms with E-state index in [9.17, 15) is 22.4 Å². The van der Waals surface area contributed by atoms with E-state index in [0.29, 0.717) is 11.1 Å². The monoisotopic (exact) mass is 406 g/mol. The second-order valence-electron chi connectivity index (χ2n) is 5.61. The van der Waals surface area contributed by atoms with Gasteiger partial charge in [0.2, 0.25) is 10.0 Å². The van der Waals surface area contributed by atoms with E-state index < -0.39 is 40.9 Å². The summed E-state index contributed by atoms with van der Waals surface area (Å²) in [7, 11) is -3.84. The Bertz CT molecular complexity index is 946. The number of ether oxygens (including phenoxy) is 1. The molecule has 9 heteroatoms. The molecule has 0 bridgehead atoms. The molecule has 0 aliphatic heterocycles. The standard InChI is InChI=1S/C19H19FN2O5S/c20-17-9-5-4-8-16(17)12-21-18(23)14-27-19(24)13-22-28(25,26)11-10-15-6-2-1-3-7-15/h1-11,22H,12-14H2,(H,21,23)/b11-10+. The fourth-order valence-electron chi connectivity index (χ4n) is 2.02. The van der Waals surface area contributed by atoms with Crippen molar-refractivity contribution in [2.45, 2.75) is 6.54 Å². The Labute approximate surface area is 162 Å². The van der Waals surface area contributed by atoms with Crippen LogP contribution in [0, 0.1) is 5.82 Å². The van der Waals surface area contributed by atoms with Gasteiger partial charge in [0.15, 0.2) is 6.61 Å². The Hall–Kier alpha value is -3.04. The summed E-state index contributed by atoms with van der Waals surface area (Å²) in [5, 5.41) is 3.33. The maximum Gasteiger partial charge on any atom is 0.321 e. The molecule has 0 aliphatic carbocycles. The van der Waals surface area contributed by atoms with Crippen LogP contribution in [0.3, 0.4) is 0 Å². The zero-order valence-corrected chi connectivity index (χ0v) is 15.6. The summed E-state index contributed by atoms with van der Waals surface area (Å²) in [5.41, 5.74) is 0.974. The van der Waals surface area contributed by atoms with E-state index in [2.05, 4.69) is 10.1 Å². The molecule has 0 unspecified atom stereocenters. The fourth-order valence-corrected chi connectivity index (χ4v) is 2.78. The molecular weight excluding hydrogens is 387 g/mol. The lowest BCUT2D eigenvalue weighted by Crippen LogP contribution is -2.33. The largest absolute Gasteiger partial charge is 0.455 e. The Morgan fingerprint density at radius 3 is 2.43 bits per heavy atom. The van der Waals surface area contributed by atoms with Crippen LogP contribution in [0.2, 0.25) is 0 Å². The van der Waals surface area contributed by atoms with Crippen molar-refractivity contribution in [1.82, 2.24) is 10.0 Å². The number of halogens is 1. The van der Waals surface area contributed by atoms with Gasteiger partial charge in [0.05, 0.1) is 0 Å². The normalized spacial score (nSPS) is 11.3. The number of nitrogens with one attached hydrogen (secondary N) is 2. The van der Waals surface area contributed by atoms with Crippen LogP contribution in [-0.2, 0) is 30.9 Å². The van der Waals surface area contributed by atoms with Crippen molar-refractivity contribution >= 4 is 28.0 Å². The van der Waals surface area contributed by atoms with E-state index in [0.717, 1.165) is 5.41 Å². The third-order valence-electron chi connectivity index (χ3n) is 3.46. The minimum atomic E-state index is -3.84. The van der Waals surface area contributed by atoms with Gasteiger partial charge < -0.3 is 10.1 Å². The maximum absolute atomic E-state index is 13.4. The second kappa shape index (κ2) is 10.3. The molecule has 0 fully saturated rings. The van der Waals surface area contributed by atoms with Crippen molar-refractivity contribution in [2.75, 3.05) is 13.2 Å². The van der Waals surface area contributed by atoms with Crippen LogP contribution < -0.4 is 10.0 Å². The number of esters is 1. The lowest BCUT2D eigenvalue weighted by Gasteiger charge is -2.07. The minimum Gasteiger partial charge on any atom is -0.455 e. The van der Waals surface area contributed by atoms with Gasteiger partial charge in [0, 0.05) is 17.5 Å². The lowest BCUT2D eigenvalue weighted by atomic mass is 10.2. The molecule has 28 heavy (non-hydrogen) atoms. The van der Waals surface area contributed by atoms with Crippen molar-refractivity contribution in [3.63, 3.8) is 0 Å². The van der Waals surface area contributed by atoms with Crippen LogP contribution in [0.5, 0.6) is 0 Å². The Morgan fingerprint density at radius 1 is 1.04 bits per heavy atom. The third-order valence-corrected chi connectivity index (χ3v) is 4.50. The molecular formula is C19H19FN2O5S. The molecule has 2 aromatic carbocycles. The number of amides is 1. The molecule has 0 atom stereocenters. The van der Waals surface area contributed by atoms with Crippen molar-refractivity contribution in [2.24, 2.45) is 0 Å². The zero-order valence-electron chi connectivity index (χ0n) is 14.8. The number of carbonyl (C=O) groups excluding carboxylic acids is 2. The van der Waals surface area contributed by atoms with Crippen molar-refractivity contribution in [1.29, 1.82) is 0 Å². The van der Waals surface area contributed by atoms with Crippen molar-refractivity contribution < 1.29 is 27.1 Å². The number of carbonyl (C=O) groups is 2. The van der Waals surface area contributed by atoms with Gasteiger partial charge in [0.25, 0.3) is 5.91 Å². The average molecular weight is 406 g/mol. The molecule has 0 saturated carbocycles. The summed E-state index contributed by atoms with van der Waals surface area (Å²) in [6, 6.07) is 14.7. The Morgan fingerprint density at radius 2 is 1.71 bits per heavy atom. The Balaban J connectivity index is 1.71. The third kappa shape index (κ3) is 7.68.